The Labute approximate surface area is 103 Å². The lowest BCUT2D eigenvalue weighted by Crippen LogP contribution is -2.07. The van der Waals surface area contributed by atoms with Crippen molar-refractivity contribution in [2.45, 2.75) is 39.5 Å². The second kappa shape index (κ2) is 8.46. The summed E-state index contributed by atoms with van der Waals surface area (Å²) in [6.07, 6.45) is 3.62. The Hall–Kier alpha value is -0.690. The van der Waals surface area contributed by atoms with Gasteiger partial charge in [-0.3, -0.25) is 4.79 Å². The van der Waals surface area contributed by atoms with Gasteiger partial charge in [0.15, 0.2) is 0 Å². The van der Waals surface area contributed by atoms with Gasteiger partial charge in [0.25, 0.3) is 0 Å². The second-order valence-electron chi connectivity index (χ2n) is 4.39. The third-order valence-corrected chi connectivity index (χ3v) is 3.39. The maximum Gasteiger partial charge on any atom is 0.306 e. The molecule has 0 aromatic rings. The standard InChI is InChI=1S/C12H21NO2S/c1-12(2,10-13)7-4-5-8-16-9-6-11(14)15-3/h4-9H2,1-3H3. The van der Waals surface area contributed by atoms with Gasteiger partial charge in [-0.15, -0.1) is 0 Å². The molecule has 0 heterocycles. The summed E-state index contributed by atoms with van der Waals surface area (Å²) in [6, 6.07) is 2.30. The van der Waals surface area contributed by atoms with Crippen molar-refractivity contribution in [3.8, 4) is 6.07 Å². The molecule has 0 fully saturated rings. The third kappa shape index (κ3) is 8.60. The molecule has 0 unspecified atom stereocenters. The van der Waals surface area contributed by atoms with Crippen LogP contribution in [0.15, 0.2) is 0 Å². The van der Waals surface area contributed by atoms with Gasteiger partial charge in [0.05, 0.1) is 25.0 Å². The Kier molecular flexibility index (Phi) is 8.10. The molecule has 0 saturated carbocycles. The van der Waals surface area contributed by atoms with Crippen molar-refractivity contribution < 1.29 is 9.53 Å². The Bertz CT molecular complexity index is 246. The number of carbonyl (C=O) groups excluding carboxylic acids is 1. The molecule has 0 aliphatic rings. The Balaban J connectivity index is 3.29. The van der Waals surface area contributed by atoms with E-state index in [1.807, 2.05) is 13.8 Å². The van der Waals surface area contributed by atoms with Crippen LogP contribution in [-0.2, 0) is 9.53 Å². The van der Waals surface area contributed by atoms with Crippen molar-refractivity contribution in [2.75, 3.05) is 18.6 Å². The quantitative estimate of drug-likeness (QED) is 0.486. The summed E-state index contributed by atoms with van der Waals surface area (Å²) in [5, 5.41) is 8.82. The van der Waals surface area contributed by atoms with Crippen LogP contribution in [-0.4, -0.2) is 24.6 Å². The van der Waals surface area contributed by atoms with Crippen LogP contribution in [0, 0.1) is 16.7 Å². The van der Waals surface area contributed by atoms with Crippen LogP contribution < -0.4 is 0 Å². The average molecular weight is 243 g/mol. The topological polar surface area (TPSA) is 50.1 Å². The summed E-state index contributed by atoms with van der Waals surface area (Å²) >= 11 is 1.77. The number of methoxy groups -OCH3 is 1. The van der Waals surface area contributed by atoms with Crippen molar-refractivity contribution in [3.63, 3.8) is 0 Å². The van der Waals surface area contributed by atoms with Crippen LogP contribution in [0.2, 0.25) is 0 Å². The van der Waals surface area contributed by atoms with E-state index in [1.54, 1.807) is 11.8 Å². The lowest BCUT2D eigenvalue weighted by molar-refractivity contribution is -0.140. The molecule has 0 aromatic heterocycles. The number of hydrogen-bond acceptors (Lipinski definition) is 4. The summed E-state index contributed by atoms with van der Waals surface area (Å²) < 4.78 is 4.55. The monoisotopic (exact) mass is 243 g/mol. The molecule has 0 N–H and O–H groups in total. The summed E-state index contributed by atoms with van der Waals surface area (Å²) in [4.78, 5) is 10.8. The van der Waals surface area contributed by atoms with E-state index in [1.165, 1.54) is 7.11 Å². The minimum atomic E-state index is -0.198. The van der Waals surface area contributed by atoms with Crippen LogP contribution in [0.4, 0.5) is 0 Å². The molecule has 0 amide bonds. The average Bonchev–Trinajstić information content (AvgIpc) is 2.27. The number of ether oxygens (including phenoxy) is 1. The number of nitriles is 1. The molecule has 0 saturated heterocycles. The molecule has 0 rings (SSSR count). The predicted molar refractivity (Wildman–Crippen MR) is 67.2 cm³/mol. The van der Waals surface area contributed by atoms with Crippen LogP contribution in [0.1, 0.15) is 39.5 Å². The molecule has 4 heteroatoms. The highest BCUT2D eigenvalue weighted by molar-refractivity contribution is 7.99. The van der Waals surface area contributed by atoms with Crippen molar-refractivity contribution in [3.05, 3.63) is 0 Å². The highest BCUT2D eigenvalue weighted by Crippen LogP contribution is 2.22. The minimum Gasteiger partial charge on any atom is -0.469 e. The van der Waals surface area contributed by atoms with Crippen molar-refractivity contribution in [1.82, 2.24) is 0 Å². The predicted octanol–water partition coefficient (Wildman–Crippen LogP) is 3.00. The van der Waals surface area contributed by atoms with Gasteiger partial charge >= 0.3 is 5.97 Å². The second-order valence-corrected chi connectivity index (χ2v) is 5.62. The Morgan fingerprint density at radius 2 is 2.06 bits per heavy atom. The highest BCUT2D eigenvalue weighted by Gasteiger charge is 2.15. The first-order valence-electron chi connectivity index (χ1n) is 5.57. The molecule has 0 aromatic carbocycles. The Morgan fingerprint density at radius 1 is 1.38 bits per heavy atom. The fourth-order valence-corrected chi connectivity index (χ4v) is 2.11. The summed E-state index contributed by atoms with van der Waals surface area (Å²) in [5.41, 5.74) is -0.198. The van der Waals surface area contributed by atoms with E-state index in [4.69, 9.17) is 5.26 Å². The summed E-state index contributed by atoms with van der Waals surface area (Å²) in [5.74, 6) is 1.74. The van der Waals surface area contributed by atoms with Crippen LogP contribution in [0.3, 0.4) is 0 Å². The maximum absolute atomic E-state index is 10.8. The number of unbranched alkanes of at least 4 members (excludes halogenated alkanes) is 1. The SMILES string of the molecule is COC(=O)CCSCCCCC(C)(C)C#N. The number of thioether (sulfide) groups is 1. The van der Waals surface area contributed by atoms with Crippen molar-refractivity contribution >= 4 is 17.7 Å². The van der Waals surface area contributed by atoms with E-state index in [0.717, 1.165) is 30.8 Å². The lowest BCUT2D eigenvalue weighted by Gasteiger charge is -2.13. The number of carbonyl (C=O) groups is 1. The number of esters is 1. The molecule has 0 aliphatic heterocycles. The van der Waals surface area contributed by atoms with Gasteiger partial charge in [0, 0.05) is 5.75 Å². The van der Waals surface area contributed by atoms with E-state index < -0.39 is 0 Å². The maximum atomic E-state index is 10.8. The fraction of sp³-hybridized carbons (Fsp3) is 0.833. The van der Waals surface area contributed by atoms with Crippen molar-refractivity contribution in [2.24, 2.45) is 5.41 Å². The van der Waals surface area contributed by atoms with Gasteiger partial charge < -0.3 is 4.74 Å². The zero-order valence-electron chi connectivity index (χ0n) is 10.4. The Morgan fingerprint density at radius 3 is 2.62 bits per heavy atom. The number of hydrogen-bond donors (Lipinski definition) is 0. The normalized spacial score (nSPS) is 10.9. The number of nitrogens with zero attached hydrogens (tertiary/aromatic N) is 1. The van der Waals surface area contributed by atoms with Crippen LogP contribution in [0.5, 0.6) is 0 Å². The number of rotatable bonds is 8. The highest BCUT2D eigenvalue weighted by atomic mass is 32.2. The van der Waals surface area contributed by atoms with E-state index >= 15 is 0 Å². The van der Waals surface area contributed by atoms with E-state index in [0.29, 0.717) is 6.42 Å². The van der Waals surface area contributed by atoms with Gasteiger partial charge in [0.1, 0.15) is 0 Å². The first kappa shape index (κ1) is 15.3. The zero-order valence-corrected chi connectivity index (χ0v) is 11.2. The molecule has 3 nitrogen and oxygen atoms in total. The van der Waals surface area contributed by atoms with Gasteiger partial charge in [-0.25, -0.2) is 0 Å². The van der Waals surface area contributed by atoms with E-state index in [-0.39, 0.29) is 11.4 Å². The fourth-order valence-electron chi connectivity index (χ4n) is 1.19. The van der Waals surface area contributed by atoms with Gasteiger partial charge in [0.2, 0.25) is 0 Å². The molecule has 16 heavy (non-hydrogen) atoms. The molecule has 0 aliphatic carbocycles. The lowest BCUT2D eigenvalue weighted by atomic mass is 9.89. The summed E-state index contributed by atoms with van der Waals surface area (Å²) in [7, 11) is 1.41. The van der Waals surface area contributed by atoms with Gasteiger partial charge in [-0.05, 0) is 32.4 Å². The zero-order chi connectivity index (χ0) is 12.4. The molecule has 92 valence electrons. The van der Waals surface area contributed by atoms with Gasteiger partial charge in [-0.1, -0.05) is 6.42 Å². The third-order valence-electron chi connectivity index (χ3n) is 2.32. The molecular formula is C12H21NO2S. The molecule has 0 bridgehead atoms. The van der Waals surface area contributed by atoms with Crippen LogP contribution >= 0.6 is 11.8 Å². The smallest absolute Gasteiger partial charge is 0.306 e. The molecule has 0 spiro atoms. The minimum absolute atomic E-state index is 0.141. The first-order chi connectivity index (χ1) is 7.52. The van der Waals surface area contributed by atoms with Gasteiger partial charge in [-0.2, -0.15) is 17.0 Å². The largest absolute Gasteiger partial charge is 0.469 e. The molecule has 0 atom stereocenters. The molecule has 0 radical (unpaired) electrons. The molecular weight excluding hydrogens is 222 g/mol. The van der Waals surface area contributed by atoms with E-state index in [9.17, 15) is 4.79 Å². The van der Waals surface area contributed by atoms with Crippen molar-refractivity contribution in [1.29, 1.82) is 5.26 Å². The van der Waals surface area contributed by atoms with E-state index in [2.05, 4.69) is 10.8 Å². The summed E-state index contributed by atoms with van der Waals surface area (Å²) in [6.45, 7) is 3.94. The van der Waals surface area contributed by atoms with Crippen LogP contribution in [0.25, 0.3) is 0 Å². The first-order valence-corrected chi connectivity index (χ1v) is 6.73.